The molecule has 0 fully saturated rings. The molecule has 0 spiro atoms. The predicted molar refractivity (Wildman–Crippen MR) is 109 cm³/mol. The highest BCUT2D eigenvalue weighted by molar-refractivity contribution is 5.88. The summed E-state index contributed by atoms with van der Waals surface area (Å²) in [6.45, 7) is 6.81. The summed E-state index contributed by atoms with van der Waals surface area (Å²) in [6, 6.07) is 2.27. The molecule has 0 unspecified atom stereocenters. The van der Waals surface area contributed by atoms with Crippen LogP contribution in [0.2, 0.25) is 0 Å². The summed E-state index contributed by atoms with van der Waals surface area (Å²) < 4.78 is 28.5. The molecule has 2 heterocycles. The van der Waals surface area contributed by atoms with Gasteiger partial charge in [-0.25, -0.2) is 13.6 Å². The maximum atomic E-state index is 13.8. The van der Waals surface area contributed by atoms with E-state index in [0.717, 1.165) is 24.2 Å². The highest BCUT2D eigenvalue weighted by atomic mass is 19.2. The molecule has 7 nitrogen and oxygen atoms in total. The van der Waals surface area contributed by atoms with Gasteiger partial charge in [0, 0.05) is 37.7 Å². The number of fused-ring (bicyclic) bond motifs is 1. The number of benzene rings is 1. The molecule has 0 saturated heterocycles. The van der Waals surface area contributed by atoms with Gasteiger partial charge in [-0.3, -0.25) is 4.79 Å². The molecule has 1 aliphatic heterocycles. The molecule has 9 heteroatoms. The van der Waals surface area contributed by atoms with Gasteiger partial charge in [0.25, 0.3) is 0 Å². The largest absolute Gasteiger partial charge is 0.357 e. The fourth-order valence-electron chi connectivity index (χ4n) is 3.60. The Hall–Kier alpha value is -2.81. The van der Waals surface area contributed by atoms with E-state index in [1.807, 2.05) is 27.8 Å². The average molecular weight is 419 g/mol. The molecule has 0 saturated carbocycles. The van der Waals surface area contributed by atoms with Gasteiger partial charge in [0.2, 0.25) is 5.91 Å². The topological polar surface area (TPSA) is 79.3 Å². The van der Waals surface area contributed by atoms with E-state index in [0.29, 0.717) is 29.9 Å². The second kappa shape index (κ2) is 8.14. The van der Waals surface area contributed by atoms with Crippen LogP contribution in [0, 0.1) is 17.0 Å². The number of rotatable bonds is 3. The Morgan fingerprint density at radius 1 is 1.20 bits per heavy atom. The van der Waals surface area contributed by atoms with E-state index in [1.165, 1.54) is 17.8 Å². The number of aromatic nitrogens is 2. The Labute approximate surface area is 174 Å². The molecule has 1 aromatic carbocycles. The summed E-state index contributed by atoms with van der Waals surface area (Å²) in [4.78, 5) is 27.5. The van der Waals surface area contributed by atoms with E-state index in [9.17, 15) is 18.4 Å². The third-order valence-corrected chi connectivity index (χ3v) is 5.28. The summed E-state index contributed by atoms with van der Waals surface area (Å²) in [7, 11) is 3.45. The zero-order valence-electron chi connectivity index (χ0n) is 17.8. The number of likely N-dealkylation sites (N-methyl/N-ethyl adjacent to an activating group) is 2. The van der Waals surface area contributed by atoms with E-state index in [-0.39, 0.29) is 5.91 Å². The Bertz CT molecular complexity index is 981. The number of nitrogens with zero attached hydrogens (tertiary/aromatic N) is 3. The second-order valence-electron chi connectivity index (χ2n) is 8.67. The molecule has 2 amide bonds. The van der Waals surface area contributed by atoms with E-state index in [1.54, 1.807) is 0 Å². The van der Waals surface area contributed by atoms with E-state index < -0.39 is 29.1 Å². The fraction of sp³-hybridized carbons (Fsp3) is 0.476. The number of halogens is 2. The minimum absolute atomic E-state index is 0.308. The van der Waals surface area contributed by atoms with Crippen LogP contribution in [-0.2, 0) is 17.8 Å². The number of hydrogen-bond donors (Lipinski definition) is 2. The predicted octanol–water partition coefficient (Wildman–Crippen LogP) is 2.53. The lowest BCUT2D eigenvalue weighted by Crippen LogP contribution is -2.54. The standard InChI is InChI=1S/C21H27F2N5O2/c1-21(2,3)18(19(29)24-4)25-20(30)28-16-8-9-27(5)11-13(16)17(26-28)12-6-7-14(22)15(23)10-12/h6-7,10,18H,8-9,11H2,1-5H3,(H,24,29)(H,25,30)/t18-/m1/s1. The zero-order valence-corrected chi connectivity index (χ0v) is 17.8. The maximum absolute atomic E-state index is 13.8. The molecule has 2 aromatic rings. The van der Waals surface area contributed by atoms with Crippen LogP contribution >= 0.6 is 0 Å². The lowest BCUT2D eigenvalue weighted by molar-refractivity contribution is -0.124. The van der Waals surface area contributed by atoms with Gasteiger partial charge in [-0.1, -0.05) is 20.8 Å². The van der Waals surface area contributed by atoms with Crippen molar-refractivity contribution in [3.05, 3.63) is 41.1 Å². The van der Waals surface area contributed by atoms with E-state index in [4.69, 9.17) is 0 Å². The SMILES string of the molecule is CNC(=O)[C@@H](NC(=O)n1nc(-c2ccc(F)c(F)c2)c2c1CCN(C)C2)C(C)(C)C. The number of nitrogens with one attached hydrogen (secondary N) is 2. The fourth-order valence-corrected chi connectivity index (χ4v) is 3.60. The number of amides is 2. The van der Waals surface area contributed by atoms with Crippen molar-refractivity contribution in [2.75, 3.05) is 20.6 Å². The Morgan fingerprint density at radius 3 is 2.50 bits per heavy atom. The van der Waals surface area contributed by atoms with E-state index >= 15 is 0 Å². The minimum atomic E-state index is -0.975. The van der Waals surface area contributed by atoms with Crippen molar-refractivity contribution < 1.29 is 18.4 Å². The Balaban J connectivity index is 2.04. The first-order chi connectivity index (χ1) is 14.0. The van der Waals surface area contributed by atoms with Gasteiger partial charge in [-0.2, -0.15) is 9.78 Å². The molecule has 2 N–H and O–H groups in total. The molecule has 1 atom stereocenters. The van der Waals surface area contributed by atoms with Crippen molar-refractivity contribution in [3.8, 4) is 11.3 Å². The van der Waals surface area contributed by atoms with Crippen molar-refractivity contribution in [2.24, 2.45) is 5.41 Å². The molecule has 162 valence electrons. The molecule has 1 aliphatic rings. The average Bonchev–Trinajstić information content (AvgIpc) is 3.05. The summed E-state index contributed by atoms with van der Waals surface area (Å²) in [6.07, 6.45) is 0.566. The zero-order chi connectivity index (χ0) is 22.2. The molecule has 0 aliphatic carbocycles. The number of carbonyl (C=O) groups is 2. The molecular weight excluding hydrogens is 392 g/mol. The van der Waals surface area contributed by atoms with Gasteiger partial charge in [0.1, 0.15) is 6.04 Å². The van der Waals surface area contributed by atoms with Crippen LogP contribution in [0.15, 0.2) is 18.2 Å². The summed E-state index contributed by atoms with van der Waals surface area (Å²) in [5, 5.41) is 9.79. The molecule has 30 heavy (non-hydrogen) atoms. The van der Waals surface area contributed by atoms with Crippen LogP contribution in [0.3, 0.4) is 0 Å². The van der Waals surface area contributed by atoms with Crippen molar-refractivity contribution in [3.63, 3.8) is 0 Å². The van der Waals surface area contributed by atoms with Crippen LogP contribution in [-0.4, -0.2) is 53.3 Å². The van der Waals surface area contributed by atoms with Gasteiger partial charge in [-0.05, 0) is 30.7 Å². The first-order valence-electron chi connectivity index (χ1n) is 9.80. The lowest BCUT2D eigenvalue weighted by Gasteiger charge is -2.30. The second-order valence-corrected chi connectivity index (χ2v) is 8.67. The third kappa shape index (κ3) is 4.21. The number of hydrogen-bond acceptors (Lipinski definition) is 4. The van der Waals surface area contributed by atoms with E-state index in [2.05, 4.69) is 20.6 Å². The molecule has 0 radical (unpaired) electrons. The van der Waals surface area contributed by atoms with Crippen LogP contribution < -0.4 is 10.6 Å². The van der Waals surface area contributed by atoms with Crippen LogP contribution in [0.1, 0.15) is 32.0 Å². The monoisotopic (exact) mass is 419 g/mol. The van der Waals surface area contributed by atoms with Gasteiger partial charge >= 0.3 is 6.03 Å². The van der Waals surface area contributed by atoms with Crippen molar-refractivity contribution in [1.29, 1.82) is 0 Å². The van der Waals surface area contributed by atoms with Gasteiger partial charge in [0.15, 0.2) is 11.6 Å². The quantitative estimate of drug-likeness (QED) is 0.802. The van der Waals surface area contributed by atoms with Crippen LogP contribution in [0.4, 0.5) is 13.6 Å². The highest BCUT2D eigenvalue weighted by Gasteiger charge is 2.34. The Morgan fingerprint density at radius 2 is 1.90 bits per heavy atom. The third-order valence-electron chi connectivity index (χ3n) is 5.28. The molecule has 0 bridgehead atoms. The molecular formula is C21H27F2N5O2. The summed E-state index contributed by atoms with van der Waals surface area (Å²) >= 11 is 0. The van der Waals surface area contributed by atoms with Gasteiger partial charge < -0.3 is 15.5 Å². The van der Waals surface area contributed by atoms with Gasteiger partial charge in [-0.15, -0.1) is 0 Å². The highest BCUT2D eigenvalue weighted by Crippen LogP contribution is 2.30. The summed E-state index contributed by atoms with van der Waals surface area (Å²) in [5.41, 5.74) is 1.79. The number of carbonyl (C=O) groups excluding carboxylic acids is 2. The first-order valence-corrected chi connectivity index (χ1v) is 9.80. The van der Waals surface area contributed by atoms with Crippen LogP contribution in [0.5, 0.6) is 0 Å². The summed E-state index contributed by atoms with van der Waals surface area (Å²) in [5.74, 6) is -2.23. The normalized spacial score (nSPS) is 15.4. The maximum Gasteiger partial charge on any atom is 0.343 e. The lowest BCUT2D eigenvalue weighted by atomic mass is 9.86. The first kappa shape index (κ1) is 21.9. The minimum Gasteiger partial charge on any atom is -0.357 e. The van der Waals surface area contributed by atoms with Crippen molar-refractivity contribution in [2.45, 2.75) is 39.8 Å². The molecule has 3 rings (SSSR count). The smallest absolute Gasteiger partial charge is 0.343 e. The van der Waals surface area contributed by atoms with Crippen molar-refractivity contribution >= 4 is 11.9 Å². The Kier molecular flexibility index (Phi) is 5.94. The van der Waals surface area contributed by atoms with Crippen molar-refractivity contribution in [1.82, 2.24) is 25.3 Å². The van der Waals surface area contributed by atoms with Gasteiger partial charge in [0.05, 0.1) is 11.4 Å². The molecule has 1 aromatic heterocycles. The van der Waals surface area contributed by atoms with Crippen LogP contribution in [0.25, 0.3) is 11.3 Å².